The van der Waals surface area contributed by atoms with Crippen molar-refractivity contribution < 1.29 is 0 Å². The lowest BCUT2D eigenvalue weighted by atomic mass is 10.2. The molecule has 5 aromatic rings. The summed E-state index contributed by atoms with van der Waals surface area (Å²) in [6.45, 7) is 0. The van der Waals surface area contributed by atoms with E-state index in [1.165, 1.54) is 0 Å². The first-order valence-electron chi connectivity index (χ1n) is 9.19. The Balaban J connectivity index is 1.85. The zero-order valence-corrected chi connectivity index (χ0v) is 17.9. The molecule has 0 amide bonds. The van der Waals surface area contributed by atoms with Gasteiger partial charge in [0.25, 0.3) is 5.56 Å². The van der Waals surface area contributed by atoms with E-state index in [0.717, 1.165) is 15.7 Å². The Morgan fingerprint density at radius 2 is 1.53 bits per heavy atom. The monoisotopic (exact) mass is 476 g/mol. The van der Waals surface area contributed by atoms with Crippen molar-refractivity contribution in [3.05, 3.63) is 105 Å². The van der Waals surface area contributed by atoms with Crippen LogP contribution in [-0.2, 0) is 0 Å². The molecule has 0 aliphatic rings. The summed E-state index contributed by atoms with van der Waals surface area (Å²) < 4.78 is 4.31. The Hall–Kier alpha value is -3.22. The number of fused-ring (bicyclic) bond motifs is 1. The van der Waals surface area contributed by atoms with Gasteiger partial charge >= 0.3 is 0 Å². The van der Waals surface area contributed by atoms with Gasteiger partial charge in [-0.1, -0.05) is 45.7 Å². The number of halogens is 2. The quantitative estimate of drug-likeness (QED) is 0.337. The normalized spacial score (nSPS) is 11.1. The summed E-state index contributed by atoms with van der Waals surface area (Å²) in [5.41, 5.74) is 2.94. The van der Waals surface area contributed by atoms with Gasteiger partial charge in [-0.2, -0.15) is 0 Å². The highest BCUT2D eigenvalue weighted by molar-refractivity contribution is 9.10. The molecule has 0 saturated heterocycles. The van der Waals surface area contributed by atoms with Gasteiger partial charge in [-0.3, -0.25) is 13.9 Å². The Kier molecular flexibility index (Phi) is 4.73. The first kappa shape index (κ1) is 18.8. The highest BCUT2D eigenvalue weighted by Gasteiger charge is 2.19. The summed E-state index contributed by atoms with van der Waals surface area (Å²) >= 11 is 9.51. The van der Waals surface area contributed by atoms with Crippen molar-refractivity contribution in [3.63, 3.8) is 0 Å². The van der Waals surface area contributed by atoms with Gasteiger partial charge in [0, 0.05) is 20.7 Å². The van der Waals surface area contributed by atoms with Gasteiger partial charge in [-0.05, 0) is 60.7 Å². The summed E-state index contributed by atoms with van der Waals surface area (Å²) in [5, 5.41) is 0.616. The van der Waals surface area contributed by atoms with Crippen molar-refractivity contribution >= 4 is 38.7 Å². The van der Waals surface area contributed by atoms with E-state index in [1.807, 2.05) is 66.7 Å². The van der Waals surface area contributed by atoms with E-state index in [4.69, 9.17) is 16.6 Å². The van der Waals surface area contributed by atoms with Gasteiger partial charge in [0.15, 0.2) is 11.2 Å². The molecule has 0 aliphatic carbocycles. The molecule has 0 unspecified atom stereocenters. The Bertz CT molecular complexity index is 1410. The Morgan fingerprint density at radius 1 is 0.833 bits per heavy atom. The van der Waals surface area contributed by atoms with Crippen molar-refractivity contribution in [2.45, 2.75) is 0 Å². The summed E-state index contributed by atoms with van der Waals surface area (Å²) in [7, 11) is 0. The third kappa shape index (κ3) is 3.24. The second-order valence-corrected chi connectivity index (χ2v) is 8.03. The largest absolute Gasteiger partial charge is 0.293 e. The van der Waals surface area contributed by atoms with Crippen LogP contribution in [0.4, 0.5) is 0 Å². The lowest BCUT2D eigenvalue weighted by Gasteiger charge is -2.13. The smallest absolute Gasteiger partial charge is 0.285 e. The van der Waals surface area contributed by atoms with Crippen LogP contribution in [-0.4, -0.2) is 19.1 Å². The molecule has 0 spiro atoms. The van der Waals surface area contributed by atoms with E-state index < -0.39 is 0 Å². The fourth-order valence-electron chi connectivity index (χ4n) is 3.38. The van der Waals surface area contributed by atoms with E-state index in [9.17, 15) is 4.79 Å². The maximum atomic E-state index is 13.8. The molecule has 0 bridgehead atoms. The molecule has 0 radical (unpaired) electrons. The van der Waals surface area contributed by atoms with E-state index in [2.05, 4.69) is 20.9 Å². The molecule has 5 rings (SSSR count). The topological polar surface area (TPSA) is 52.7 Å². The van der Waals surface area contributed by atoms with Gasteiger partial charge in [0.2, 0.25) is 0 Å². The first-order chi connectivity index (χ1) is 14.6. The fourth-order valence-corrected chi connectivity index (χ4v) is 3.77. The molecule has 0 atom stereocenters. The molecule has 0 fully saturated rings. The highest BCUT2D eigenvalue weighted by Crippen LogP contribution is 2.25. The van der Waals surface area contributed by atoms with Crippen LogP contribution in [0, 0.1) is 0 Å². The maximum absolute atomic E-state index is 13.8. The predicted molar refractivity (Wildman–Crippen MR) is 123 cm³/mol. The SMILES string of the molecule is O=c1c2c(ncn2-c2ccccc2)nc(-c2ccc(Cl)cc2)n1-c1ccc(Br)cc1. The third-order valence-electron chi connectivity index (χ3n) is 4.80. The van der Waals surface area contributed by atoms with Crippen LogP contribution in [0.1, 0.15) is 0 Å². The molecule has 30 heavy (non-hydrogen) atoms. The minimum atomic E-state index is -0.200. The van der Waals surface area contributed by atoms with E-state index >= 15 is 0 Å². The van der Waals surface area contributed by atoms with Crippen LogP contribution in [0.15, 0.2) is 94.5 Å². The van der Waals surface area contributed by atoms with E-state index in [-0.39, 0.29) is 5.56 Å². The fraction of sp³-hybridized carbons (Fsp3) is 0. The molecule has 7 heteroatoms. The first-order valence-corrected chi connectivity index (χ1v) is 10.4. The number of benzene rings is 3. The van der Waals surface area contributed by atoms with Gasteiger partial charge < -0.3 is 0 Å². The molecule has 2 aromatic heterocycles. The van der Waals surface area contributed by atoms with Crippen molar-refractivity contribution in [2.75, 3.05) is 0 Å². The molecular formula is C23H14BrClN4O. The second kappa shape index (κ2) is 7.55. The third-order valence-corrected chi connectivity index (χ3v) is 5.58. The summed E-state index contributed by atoms with van der Waals surface area (Å²) in [6.07, 6.45) is 1.63. The van der Waals surface area contributed by atoms with Crippen LogP contribution < -0.4 is 5.56 Å². The zero-order valence-electron chi connectivity index (χ0n) is 15.5. The van der Waals surface area contributed by atoms with Gasteiger partial charge in [-0.15, -0.1) is 0 Å². The Morgan fingerprint density at radius 3 is 2.23 bits per heavy atom. The predicted octanol–water partition coefficient (Wildman–Crippen LogP) is 5.65. The van der Waals surface area contributed by atoms with Crippen molar-refractivity contribution in [1.82, 2.24) is 19.1 Å². The molecule has 3 aromatic carbocycles. The van der Waals surface area contributed by atoms with Crippen molar-refractivity contribution in [1.29, 1.82) is 0 Å². The van der Waals surface area contributed by atoms with Gasteiger partial charge in [0.1, 0.15) is 12.2 Å². The lowest BCUT2D eigenvalue weighted by molar-refractivity contribution is 0.958. The standard InChI is InChI=1S/C23H14BrClN4O/c24-16-8-12-19(13-9-16)29-22(15-6-10-17(25)11-7-15)27-21-20(23(29)30)28(14-26-21)18-4-2-1-3-5-18/h1-14H. The van der Waals surface area contributed by atoms with Crippen LogP contribution >= 0.6 is 27.5 Å². The molecule has 5 nitrogen and oxygen atoms in total. The molecule has 0 N–H and O–H groups in total. The minimum Gasteiger partial charge on any atom is -0.293 e. The number of imidazole rings is 1. The maximum Gasteiger partial charge on any atom is 0.285 e. The van der Waals surface area contributed by atoms with Crippen LogP contribution in [0.2, 0.25) is 5.02 Å². The number of aromatic nitrogens is 4. The number of rotatable bonds is 3. The van der Waals surface area contributed by atoms with Gasteiger partial charge in [0.05, 0.1) is 5.69 Å². The van der Waals surface area contributed by atoms with Crippen molar-refractivity contribution in [2.24, 2.45) is 0 Å². The van der Waals surface area contributed by atoms with E-state index in [0.29, 0.717) is 27.7 Å². The molecule has 2 heterocycles. The zero-order chi connectivity index (χ0) is 20.7. The van der Waals surface area contributed by atoms with Crippen LogP contribution in [0.3, 0.4) is 0 Å². The number of para-hydroxylation sites is 1. The Labute approximate surface area is 185 Å². The van der Waals surface area contributed by atoms with Crippen molar-refractivity contribution in [3.8, 4) is 22.8 Å². The number of nitrogens with zero attached hydrogens (tertiary/aromatic N) is 4. The molecule has 146 valence electrons. The summed E-state index contributed by atoms with van der Waals surface area (Å²) in [6, 6.07) is 24.4. The number of hydrogen-bond donors (Lipinski definition) is 0. The number of hydrogen-bond acceptors (Lipinski definition) is 3. The highest BCUT2D eigenvalue weighted by atomic mass is 79.9. The van der Waals surface area contributed by atoms with E-state index in [1.54, 1.807) is 27.6 Å². The lowest BCUT2D eigenvalue weighted by Crippen LogP contribution is -2.23. The molecule has 0 saturated carbocycles. The molecule has 0 aliphatic heterocycles. The summed E-state index contributed by atoms with van der Waals surface area (Å²) in [4.78, 5) is 22.9. The van der Waals surface area contributed by atoms with Crippen LogP contribution in [0.25, 0.3) is 33.9 Å². The van der Waals surface area contributed by atoms with Gasteiger partial charge in [-0.25, -0.2) is 9.97 Å². The summed E-state index contributed by atoms with van der Waals surface area (Å²) in [5.74, 6) is 0.504. The second-order valence-electron chi connectivity index (χ2n) is 6.68. The van der Waals surface area contributed by atoms with Crippen LogP contribution in [0.5, 0.6) is 0 Å². The molecular weight excluding hydrogens is 464 g/mol. The minimum absolute atomic E-state index is 0.200. The average Bonchev–Trinajstić information content (AvgIpc) is 3.20. The average molecular weight is 478 g/mol.